The number of rotatable bonds is 9. The van der Waals surface area contributed by atoms with Gasteiger partial charge in [0.15, 0.2) is 0 Å². The molecule has 1 aliphatic heterocycles. The van der Waals surface area contributed by atoms with Crippen LogP contribution in [0.5, 0.6) is 0 Å². The van der Waals surface area contributed by atoms with Crippen molar-refractivity contribution in [3.8, 4) is 0 Å². The molecular formula is C21H28Cl2N8O3. The van der Waals surface area contributed by atoms with E-state index in [1.54, 1.807) is 13.1 Å². The fraction of sp³-hybridized carbons (Fsp3) is 0.476. The summed E-state index contributed by atoms with van der Waals surface area (Å²) in [4.78, 5) is 41.4. The SMILES string of the molecule is CNC(=O)C1CN(c2nc(NC)nc(NC(CCO)c3ccccc3Cl)n2)CCN1C(=O)CCl. The molecule has 184 valence electrons. The van der Waals surface area contributed by atoms with Crippen molar-refractivity contribution in [3.05, 3.63) is 34.9 Å². The minimum Gasteiger partial charge on any atom is -0.396 e. The average molecular weight is 511 g/mol. The molecule has 34 heavy (non-hydrogen) atoms. The van der Waals surface area contributed by atoms with Gasteiger partial charge in [0, 0.05) is 38.8 Å². The number of nitrogens with one attached hydrogen (secondary N) is 3. The van der Waals surface area contributed by atoms with Crippen LogP contribution < -0.4 is 20.9 Å². The lowest BCUT2D eigenvalue weighted by atomic mass is 10.0. The van der Waals surface area contributed by atoms with Gasteiger partial charge in [-0.1, -0.05) is 29.8 Å². The van der Waals surface area contributed by atoms with Crippen LogP contribution in [0.25, 0.3) is 0 Å². The van der Waals surface area contributed by atoms with Crippen molar-refractivity contribution in [3.63, 3.8) is 0 Å². The third kappa shape index (κ3) is 5.96. The van der Waals surface area contributed by atoms with Crippen molar-refractivity contribution >= 4 is 52.9 Å². The van der Waals surface area contributed by atoms with Crippen molar-refractivity contribution < 1.29 is 14.7 Å². The molecule has 4 N–H and O–H groups in total. The fourth-order valence-corrected chi connectivity index (χ4v) is 4.18. The molecule has 0 saturated carbocycles. The number of aliphatic hydroxyl groups excluding tert-OH is 1. The Morgan fingerprint density at radius 2 is 1.91 bits per heavy atom. The predicted octanol–water partition coefficient (Wildman–Crippen LogP) is 1.10. The van der Waals surface area contributed by atoms with Gasteiger partial charge in [0.25, 0.3) is 0 Å². The summed E-state index contributed by atoms with van der Waals surface area (Å²) in [6.45, 7) is 0.830. The molecule has 2 unspecified atom stereocenters. The van der Waals surface area contributed by atoms with Crippen LogP contribution in [0, 0.1) is 0 Å². The van der Waals surface area contributed by atoms with Crippen LogP contribution in [0.2, 0.25) is 5.02 Å². The molecular weight excluding hydrogens is 483 g/mol. The molecule has 13 heteroatoms. The molecule has 1 saturated heterocycles. The van der Waals surface area contributed by atoms with Crippen LogP contribution in [0.4, 0.5) is 17.8 Å². The number of aromatic nitrogens is 3. The molecule has 2 heterocycles. The van der Waals surface area contributed by atoms with E-state index in [4.69, 9.17) is 23.2 Å². The van der Waals surface area contributed by atoms with Gasteiger partial charge in [0.2, 0.25) is 29.7 Å². The molecule has 2 atom stereocenters. The minimum absolute atomic E-state index is 0.0654. The van der Waals surface area contributed by atoms with Crippen molar-refractivity contribution in [2.75, 3.05) is 61.7 Å². The number of nitrogens with zero attached hydrogens (tertiary/aromatic N) is 5. The molecule has 1 fully saturated rings. The number of carbonyl (C=O) groups is 2. The van der Waals surface area contributed by atoms with Crippen LogP contribution in [0.15, 0.2) is 24.3 Å². The summed E-state index contributed by atoms with van der Waals surface area (Å²) in [5.41, 5.74) is 0.805. The second-order valence-electron chi connectivity index (χ2n) is 7.56. The molecule has 0 bridgehead atoms. The summed E-state index contributed by atoms with van der Waals surface area (Å²) >= 11 is 12.1. The number of amides is 2. The number of carbonyl (C=O) groups excluding carboxylic acids is 2. The Morgan fingerprint density at radius 1 is 1.18 bits per heavy atom. The largest absolute Gasteiger partial charge is 0.396 e. The number of benzene rings is 1. The Hall–Kier alpha value is -2.89. The monoisotopic (exact) mass is 510 g/mol. The Morgan fingerprint density at radius 3 is 2.56 bits per heavy atom. The lowest BCUT2D eigenvalue weighted by molar-refractivity contribution is -0.139. The van der Waals surface area contributed by atoms with Crippen molar-refractivity contribution in [2.24, 2.45) is 0 Å². The van der Waals surface area contributed by atoms with Gasteiger partial charge in [-0.05, 0) is 18.1 Å². The van der Waals surface area contributed by atoms with Gasteiger partial charge < -0.3 is 30.9 Å². The Kier molecular flexibility index (Phi) is 9.08. The van der Waals surface area contributed by atoms with E-state index in [0.717, 1.165) is 5.56 Å². The number of hydrogen-bond donors (Lipinski definition) is 4. The first kappa shape index (κ1) is 25.7. The first-order valence-electron chi connectivity index (χ1n) is 10.8. The number of anilines is 3. The van der Waals surface area contributed by atoms with E-state index in [-0.39, 0.29) is 42.8 Å². The molecule has 11 nitrogen and oxygen atoms in total. The van der Waals surface area contributed by atoms with E-state index in [1.165, 1.54) is 11.9 Å². The van der Waals surface area contributed by atoms with E-state index >= 15 is 0 Å². The van der Waals surface area contributed by atoms with Crippen LogP contribution in [-0.4, -0.2) is 89.0 Å². The standard InChI is InChI=1S/C21H28Cl2N8O3/c1-24-18(34)16-12-30(8-9-31(16)17(33)11-22)21-28-19(25-2)27-20(29-21)26-15(7-10-32)13-5-3-4-6-14(13)23/h3-6,15-16,32H,7-12H2,1-2H3,(H,24,34)(H2,25,26,27,28,29). The van der Waals surface area contributed by atoms with Gasteiger partial charge in [0.05, 0.1) is 12.6 Å². The zero-order valence-corrected chi connectivity index (χ0v) is 20.5. The normalized spacial score (nSPS) is 16.7. The van der Waals surface area contributed by atoms with Gasteiger partial charge >= 0.3 is 0 Å². The second kappa shape index (κ2) is 12.0. The molecule has 2 aromatic rings. The number of aliphatic hydroxyl groups is 1. The topological polar surface area (TPSA) is 136 Å². The van der Waals surface area contributed by atoms with Crippen molar-refractivity contribution in [1.29, 1.82) is 0 Å². The second-order valence-corrected chi connectivity index (χ2v) is 8.23. The first-order chi connectivity index (χ1) is 16.4. The number of halogens is 2. The van der Waals surface area contributed by atoms with Crippen LogP contribution in [0.3, 0.4) is 0 Å². The van der Waals surface area contributed by atoms with Crippen LogP contribution in [0.1, 0.15) is 18.0 Å². The summed E-state index contributed by atoms with van der Waals surface area (Å²) < 4.78 is 0. The van der Waals surface area contributed by atoms with Crippen LogP contribution >= 0.6 is 23.2 Å². The van der Waals surface area contributed by atoms with Gasteiger partial charge in [-0.15, -0.1) is 11.6 Å². The van der Waals surface area contributed by atoms with Gasteiger partial charge in [0.1, 0.15) is 11.9 Å². The van der Waals surface area contributed by atoms with E-state index in [0.29, 0.717) is 36.4 Å². The third-order valence-corrected chi connectivity index (χ3v) is 6.07. The molecule has 0 aliphatic carbocycles. The molecule has 1 aliphatic rings. The van der Waals surface area contributed by atoms with Gasteiger partial charge in [-0.2, -0.15) is 15.0 Å². The highest BCUT2D eigenvalue weighted by molar-refractivity contribution is 6.31. The highest BCUT2D eigenvalue weighted by Gasteiger charge is 2.35. The zero-order chi connectivity index (χ0) is 24.7. The summed E-state index contributed by atoms with van der Waals surface area (Å²) in [5, 5.41) is 18.9. The van der Waals surface area contributed by atoms with Crippen molar-refractivity contribution in [1.82, 2.24) is 25.2 Å². The Balaban J connectivity index is 1.89. The smallest absolute Gasteiger partial charge is 0.244 e. The van der Waals surface area contributed by atoms with Gasteiger partial charge in [-0.3, -0.25) is 9.59 Å². The average Bonchev–Trinajstić information content (AvgIpc) is 2.87. The molecule has 0 spiro atoms. The van der Waals surface area contributed by atoms with E-state index in [2.05, 4.69) is 30.9 Å². The van der Waals surface area contributed by atoms with Crippen LogP contribution in [-0.2, 0) is 9.59 Å². The maximum atomic E-state index is 12.5. The highest BCUT2D eigenvalue weighted by Crippen LogP contribution is 2.28. The molecule has 0 radical (unpaired) electrons. The summed E-state index contributed by atoms with van der Waals surface area (Å²) in [5.74, 6) is 0.136. The first-order valence-corrected chi connectivity index (χ1v) is 11.7. The quantitative estimate of drug-likeness (QED) is 0.365. The van der Waals surface area contributed by atoms with Gasteiger partial charge in [-0.25, -0.2) is 0 Å². The molecule has 3 rings (SSSR count). The van der Waals surface area contributed by atoms with E-state index < -0.39 is 6.04 Å². The summed E-state index contributed by atoms with van der Waals surface area (Å²) in [6, 6.07) is 6.28. The Bertz CT molecular complexity index is 1010. The zero-order valence-electron chi connectivity index (χ0n) is 19.0. The highest BCUT2D eigenvalue weighted by atomic mass is 35.5. The number of piperazine rings is 1. The summed E-state index contributed by atoms with van der Waals surface area (Å²) in [6.07, 6.45) is 0.387. The molecule has 2 amide bonds. The number of hydrogen-bond acceptors (Lipinski definition) is 9. The Labute approximate surface area is 207 Å². The number of alkyl halides is 1. The maximum Gasteiger partial charge on any atom is 0.244 e. The lowest BCUT2D eigenvalue weighted by Gasteiger charge is -2.40. The van der Waals surface area contributed by atoms with E-state index in [9.17, 15) is 14.7 Å². The van der Waals surface area contributed by atoms with E-state index in [1.807, 2.05) is 23.1 Å². The lowest BCUT2D eigenvalue weighted by Crippen LogP contribution is -2.61. The molecule has 1 aromatic heterocycles. The fourth-order valence-electron chi connectivity index (χ4n) is 3.76. The van der Waals surface area contributed by atoms with Crippen molar-refractivity contribution in [2.45, 2.75) is 18.5 Å². The number of likely N-dealkylation sites (N-methyl/N-ethyl adjacent to an activating group) is 1. The predicted molar refractivity (Wildman–Crippen MR) is 131 cm³/mol. The maximum absolute atomic E-state index is 12.5. The third-order valence-electron chi connectivity index (χ3n) is 5.50. The molecule has 1 aromatic carbocycles. The minimum atomic E-state index is -0.735. The summed E-state index contributed by atoms with van der Waals surface area (Å²) in [7, 11) is 3.21.